The van der Waals surface area contributed by atoms with Gasteiger partial charge < -0.3 is 5.73 Å². The van der Waals surface area contributed by atoms with Crippen LogP contribution >= 0.6 is 27.3 Å². The minimum atomic E-state index is -0.176. The lowest BCUT2D eigenvalue weighted by atomic mass is 10.2. The van der Waals surface area contributed by atoms with Crippen molar-refractivity contribution in [1.82, 2.24) is 4.98 Å². The average molecular weight is 348 g/mol. The molecule has 1 aromatic heterocycles. The Labute approximate surface area is 127 Å². The Kier molecular flexibility index (Phi) is 3.42. The van der Waals surface area contributed by atoms with Crippen LogP contribution in [0.4, 0.5) is 10.8 Å². The molecule has 0 spiro atoms. The monoisotopic (exact) mass is 347 g/mol. The number of nitrogens with zero attached hydrogens (tertiary/aromatic N) is 1. The highest BCUT2D eigenvalue weighted by Crippen LogP contribution is 2.27. The molecule has 0 aliphatic heterocycles. The normalized spacial score (nSPS) is 10.7. The van der Waals surface area contributed by atoms with Gasteiger partial charge in [-0.25, -0.2) is 4.98 Å². The third kappa shape index (κ3) is 2.66. The molecule has 3 N–H and O–H groups in total. The van der Waals surface area contributed by atoms with E-state index in [2.05, 4.69) is 26.2 Å². The summed E-state index contributed by atoms with van der Waals surface area (Å²) in [6, 6.07) is 12.7. The van der Waals surface area contributed by atoms with E-state index in [9.17, 15) is 4.79 Å². The number of amides is 1. The van der Waals surface area contributed by atoms with Crippen molar-refractivity contribution in [2.45, 2.75) is 0 Å². The second-order valence-corrected chi connectivity index (χ2v) is 6.15. The molecular formula is C14H10BrN3OS. The van der Waals surface area contributed by atoms with Crippen LogP contribution < -0.4 is 11.1 Å². The SMILES string of the molecule is Nc1ccc2nc(NC(=O)c3ccc(Br)cc3)sc2c1. The lowest BCUT2D eigenvalue weighted by Gasteiger charge is -2.01. The molecule has 1 amide bonds. The molecule has 3 aromatic rings. The summed E-state index contributed by atoms with van der Waals surface area (Å²) in [6.45, 7) is 0. The number of hydrogen-bond acceptors (Lipinski definition) is 4. The van der Waals surface area contributed by atoms with Gasteiger partial charge in [0.1, 0.15) is 0 Å². The molecule has 100 valence electrons. The quantitative estimate of drug-likeness (QED) is 0.691. The Bertz CT molecular complexity index is 783. The molecule has 0 unspecified atom stereocenters. The first-order valence-electron chi connectivity index (χ1n) is 5.85. The second kappa shape index (κ2) is 5.22. The molecule has 6 heteroatoms. The number of halogens is 1. The first kappa shape index (κ1) is 13.1. The van der Waals surface area contributed by atoms with Crippen molar-refractivity contribution in [3.63, 3.8) is 0 Å². The standard InChI is InChI=1S/C14H10BrN3OS/c15-9-3-1-8(2-4-9)13(19)18-14-17-11-6-5-10(16)7-12(11)20-14/h1-7H,16H2,(H,17,18,19). The zero-order valence-corrected chi connectivity index (χ0v) is 12.7. The Morgan fingerprint density at radius 2 is 1.95 bits per heavy atom. The van der Waals surface area contributed by atoms with Crippen LogP contribution in [0.1, 0.15) is 10.4 Å². The maximum absolute atomic E-state index is 12.1. The van der Waals surface area contributed by atoms with Gasteiger partial charge in [0.15, 0.2) is 5.13 Å². The number of hydrogen-bond donors (Lipinski definition) is 2. The van der Waals surface area contributed by atoms with E-state index in [0.717, 1.165) is 14.7 Å². The molecule has 0 bridgehead atoms. The van der Waals surface area contributed by atoms with Gasteiger partial charge in [-0.3, -0.25) is 10.1 Å². The molecule has 0 aliphatic rings. The minimum Gasteiger partial charge on any atom is -0.399 e. The Hall–Kier alpha value is -1.92. The summed E-state index contributed by atoms with van der Waals surface area (Å²) in [4.78, 5) is 16.4. The van der Waals surface area contributed by atoms with E-state index in [1.54, 1.807) is 18.2 Å². The highest BCUT2D eigenvalue weighted by Gasteiger charge is 2.09. The van der Waals surface area contributed by atoms with Gasteiger partial charge in [0, 0.05) is 15.7 Å². The van der Waals surface area contributed by atoms with Crippen LogP contribution in [0.2, 0.25) is 0 Å². The summed E-state index contributed by atoms with van der Waals surface area (Å²) in [5.74, 6) is -0.176. The maximum atomic E-state index is 12.1. The van der Waals surface area contributed by atoms with Crippen LogP contribution in [-0.2, 0) is 0 Å². The zero-order valence-electron chi connectivity index (χ0n) is 10.3. The first-order valence-corrected chi connectivity index (χ1v) is 7.46. The number of thiazole rings is 1. The fourth-order valence-electron chi connectivity index (χ4n) is 1.77. The average Bonchev–Trinajstić information content (AvgIpc) is 2.80. The van der Waals surface area contributed by atoms with E-state index in [0.29, 0.717) is 16.4 Å². The van der Waals surface area contributed by atoms with Gasteiger partial charge in [0.2, 0.25) is 0 Å². The fraction of sp³-hybridized carbons (Fsp3) is 0. The molecule has 20 heavy (non-hydrogen) atoms. The Morgan fingerprint density at radius 3 is 2.70 bits per heavy atom. The number of anilines is 2. The molecule has 0 atom stereocenters. The van der Waals surface area contributed by atoms with Gasteiger partial charge in [-0.1, -0.05) is 27.3 Å². The summed E-state index contributed by atoms with van der Waals surface area (Å²) in [5, 5.41) is 3.37. The molecule has 0 radical (unpaired) electrons. The summed E-state index contributed by atoms with van der Waals surface area (Å²) in [7, 11) is 0. The molecule has 3 rings (SSSR count). The molecule has 1 heterocycles. The number of carbonyl (C=O) groups excluding carboxylic acids is 1. The molecule has 0 saturated heterocycles. The summed E-state index contributed by atoms with van der Waals surface area (Å²) in [5.41, 5.74) is 7.83. The molecule has 4 nitrogen and oxygen atoms in total. The maximum Gasteiger partial charge on any atom is 0.257 e. The van der Waals surface area contributed by atoms with E-state index in [4.69, 9.17) is 5.73 Å². The zero-order chi connectivity index (χ0) is 14.1. The van der Waals surface area contributed by atoms with Gasteiger partial charge in [-0.2, -0.15) is 0 Å². The van der Waals surface area contributed by atoms with Crippen LogP contribution in [-0.4, -0.2) is 10.9 Å². The van der Waals surface area contributed by atoms with Crippen molar-refractivity contribution in [3.8, 4) is 0 Å². The first-order chi connectivity index (χ1) is 9.61. The number of aromatic nitrogens is 1. The fourth-order valence-corrected chi connectivity index (χ4v) is 2.94. The van der Waals surface area contributed by atoms with Gasteiger partial charge in [0.05, 0.1) is 10.2 Å². The van der Waals surface area contributed by atoms with Crippen molar-refractivity contribution in [1.29, 1.82) is 0 Å². The van der Waals surface area contributed by atoms with Crippen molar-refractivity contribution in [2.24, 2.45) is 0 Å². The number of nitrogens with two attached hydrogens (primary N) is 1. The van der Waals surface area contributed by atoms with Crippen molar-refractivity contribution >= 4 is 54.2 Å². The van der Waals surface area contributed by atoms with Crippen LogP contribution in [0.15, 0.2) is 46.9 Å². The predicted molar refractivity (Wildman–Crippen MR) is 86.1 cm³/mol. The van der Waals surface area contributed by atoms with Gasteiger partial charge >= 0.3 is 0 Å². The van der Waals surface area contributed by atoms with E-state index in [-0.39, 0.29) is 5.91 Å². The van der Waals surface area contributed by atoms with Crippen LogP contribution in [0, 0.1) is 0 Å². The van der Waals surface area contributed by atoms with Gasteiger partial charge in [-0.15, -0.1) is 0 Å². The van der Waals surface area contributed by atoms with Crippen LogP contribution in [0.25, 0.3) is 10.2 Å². The predicted octanol–water partition coefficient (Wildman–Crippen LogP) is 3.89. The molecule has 0 aliphatic carbocycles. The molecule has 0 saturated carbocycles. The molecule has 2 aromatic carbocycles. The number of rotatable bonds is 2. The van der Waals surface area contributed by atoms with Crippen molar-refractivity contribution in [3.05, 3.63) is 52.5 Å². The number of nitrogen functional groups attached to an aromatic ring is 1. The second-order valence-electron chi connectivity index (χ2n) is 4.21. The third-order valence-corrected chi connectivity index (χ3v) is 4.20. The number of nitrogens with one attached hydrogen (secondary N) is 1. The van der Waals surface area contributed by atoms with E-state index < -0.39 is 0 Å². The lowest BCUT2D eigenvalue weighted by Crippen LogP contribution is -2.11. The van der Waals surface area contributed by atoms with E-state index >= 15 is 0 Å². The van der Waals surface area contributed by atoms with Crippen LogP contribution in [0.3, 0.4) is 0 Å². The highest BCUT2D eigenvalue weighted by molar-refractivity contribution is 9.10. The Balaban J connectivity index is 1.85. The van der Waals surface area contributed by atoms with Gasteiger partial charge in [-0.05, 0) is 42.5 Å². The molecule has 0 fully saturated rings. The van der Waals surface area contributed by atoms with Gasteiger partial charge in [0.25, 0.3) is 5.91 Å². The van der Waals surface area contributed by atoms with Crippen molar-refractivity contribution < 1.29 is 4.79 Å². The largest absolute Gasteiger partial charge is 0.399 e. The Morgan fingerprint density at radius 1 is 1.20 bits per heavy atom. The summed E-state index contributed by atoms with van der Waals surface area (Å²) < 4.78 is 1.89. The topological polar surface area (TPSA) is 68.0 Å². The molecular weight excluding hydrogens is 338 g/mol. The number of benzene rings is 2. The number of fused-ring (bicyclic) bond motifs is 1. The number of carbonyl (C=O) groups is 1. The van der Waals surface area contributed by atoms with E-state index in [1.165, 1.54) is 11.3 Å². The smallest absolute Gasteiger partial charge is 0.257 e. The summed E-state index contributed by atoms with van der Waals surface area (Å²) in [6.07, 6.45) is 0. The minimum absolute atomic E-state index is 0.176. The lowest BCUT2D eigenvalue weighted by molar-refractivity contribution is 0.102. The summed E-state index contributed by atoms with van der Waals surface area (Å²) >= 11 is 4.74. The highest BCUT2D eigenvalue weighted by atomic mass is 79.9. The van der Waals surface area contributed by atoms with Crippen molar-refractivity contribution in [2.75, 3.05) is 11.1 Å². The van der Waals surface area contributed by atoms with Crippen LogP contribution in [0.5, 0.6) is 0 Å². The third-order valence-electron chi connectivity index (χ3n) is 2.74. The van der Waals surface area contributed by atoms with E-state index in [1.807, 2.05) is 24.3 Å².